The Labute approximate surface area is 118 Å². The summed E-state index contributed by atoms with van der Waals surface area (Å²) in [4.78, 5) is 22.8. The third-order valence-electron chi connectivity index (χ3n) is 3.50. The molecule has 2 heterocycles. The molecule has 0 bridgehead atoms. The second kappa shape index (κ2) is 5.13. The molecule has 1 unspecified atom stereocenters. The molecule has 120 valence electrons. The maximum atomic E-state index is 12.0. The fraction of sp³-hybridized carbons (Fsp3) is 0.800. The first-order chi connectivity index (χ1) is 9.54. The van der Waals surface area contributed by atoms with Crippen LogP contribution in [0, 0.1) is 0 Å². The van der Waals surface area contributed by atoms with Gasteiger partial charge in [0, 0.05) is 19.5 Å². The van der Waals surface area contributed by atoms with E-state index in [0.717, 1.165) is 4.31 Å². The van der Waals surface area contributed by atoms with Crippen molar-refractivity contribution in [3.8, 4) is 0 Å². The van der Waals surface area contributed by atoms with E-state index in [0.29, 0.717) is 0 Å². The smallest absolute Gasteiger partial charge is 0.322 e. The summed E-state index contributed by atoms with van der Waals surface area (Å²) in [7, 11) is -3.88. The van der Waals surface area contributed by atoms with Crippen molar-refractivity contribution in [3.05, 3.63) is 0 Å². The van der Waals surface area contributed by atoms with E-state index in [1.165, 1.54) is 0 Å². The Kier molecular flexibility index (Phi) is 3.91. The number of carbonyl (C=O) groups is 2. The first-order valence-electron chi connectivity index (χ1n) is 6.22. The van der Waals surface area contributed by atoms with Gasteiger partial charge >= 0.3 is 12.2 Å². The lowest BCUT2D eigenvalue weighted by atomic mass is 10.00. The molecule has 0 aromatic heterocycles. The van der Waals surface area contributed by atoms with Gasteiger partial charge in [-0.05, 0) is 12.8 Å². The number of sulfonamides is 1. The summed E-state index contributed by atoms with van der Waals surface area (Å²) in [5.74, 6) is -1.25. The number of rotatable bonds is 4. The monoisotopic (exact) mass is 329 g/mol. The van der Waals surface area contributed by atoms with E-state index in [9.17, 15) is 31.2 Å². The zero-order valence-corrected chi connectivity index (χ0v) is 11.7. The predicted octanol–water partition coefficient (Wildman–Crippen LogP) is -0.0574. The number of urea groups is 1. The molecule has 2 saturated heterocycles. The molecular weight excluding hydrogens is 315 g/mol. The molecule has 0 saturated carbocycles. The number of halogens is 3. The van der Waals surface area contributed by atoms with E-state index in [2.05, 4.69) is 5.32 Å². The Bertz CT molecular complexity index is 562. The molecular formula is C10H14F3N3O4S. The Morgan fingerprint density at radius 1 is 1.29 bits per heavy atom. The zero-order valence-electron chi connectivity index (χ0n) is 10.9. The number of hydrogen-bond donors (Lipinski definition) is 2. The lowest BCUT2D eigenvalue weighted by Gasteiger charge is -2.21. The molecule has 0 aromatic carbocycles. The van der Waals surface area contributed by atoms with Gasteiger partial charge in [-0.2, -0.15) is 17.5 Å². The topological polar surface area (TPSA) is 95.6 Å². The van der Waals surface area contributed by atoms with Gasteiger partial charge < -0.3 is 5.32 Å². The van der Waals surface area contributed by atoms with Crippen LogP contribution >= 0.6 is 0 Å². The third kappa shape index (κ3) is 3.46. The molecule has 0 aliphatic carbocycles. The van der Waals surface area contributed by atoms with Gasteiger partial charge in [0.25, 0.3) is 5.91 Å². The van der Waals surface area contributed by atoms with Crippen molar-refractivity contribution in [2.24, 2.45) is 0 Å². The van der Waals surface area contributed by atoms with Crippen LogP contribution in [0.5, 0.6) is 0 Å². The molecule has 1 spiro atoms. The summed E-state index contributed by atoms with van der Waals surface area (Å²) in [6.07, 6.45) is -6.01. The van der Waals surface area contributed by atoms with Crippen LogP contribution < -0.4 is 10.6 Å². The number of hydrogen-bond acceptors (Lipinski definition) is 4. The molecule has 0 aromatic rings. The molecule has 2 aliphatic rings. The molecule has 21 heavy (non-hydrogen) atoms. The molecule has 0 radical (unpaired) electrons. The Balaban J connectivity index is 1.97. The van der Waals surface area contributed by atoms with Crippen LogP contribution in [-0.4, -0.2) is 55.2 Å². The molecule has 2 aliphatic heterocycles. The van der Waals surface area contributed by atoms with Gasteiger partial charge in [0.15, 0.2) is 0 Å². The van der Waals surface area contributed by atoms with E-state index in [1.54, 1.807) is 0 Å². The van der Waals surface area contributed by atoms with E-state index in [-0.39, 0.29) is 19.5 Å². The lowest BCUT2D eigenvalue weighted by molar-refractivity contribution is -0.134. The van der Waals surface area contributed by atoms with Crippen LogP contribution in [0.25, 0.3) is 0 Å². The molecule has 7 nitrogen and oxygen atoms in total. The van der Waals surface area contributed by atoms with Crippen molar-refractivity contribution < 1.29 is 31.2 Å². The number of nitrogens with one attached hydrogen (secondary N) is 2. The molecule has 2 rings (SSSR count). The van der Waals surface area contributed by atoms with Crippen LogP contribution in [0.2, 0.25) is 0 Å². The van der Waals surface area contributed by atoms with Crippen molar-refractivity contribution in [2.45, 2.75) is 31.0 Å². The lowest BCUT2D eigenvalue weighted by Crippen LogP contribution is -2.49. The summed E-state index contributed by atoms with van der Waals surface area (Å²) in [5.41, 5.74) is -1.30. The zero-order chi connectivity index (χ0) is 15.9. The standard InChI is InChI=1S/C10H14F3N3O4S/c11-10(12,13)2-1-5-21(19,20)16-4-3-9(6-16)7(17)14-8(18)15-9/h1-6H2,(H2,14,15,17,18). The van der Waals surface area contributed by atoms with Crippen molar-refractivity contribution in [3.63, 3.8) is 0 Å². The van der Waals surface area contributed by atoms with Crippen molar-refractivity contribution in [1.29, 1.82) is 0 Å². The maximum Gasteiger partial charge on any atom is 0.389 e. The second-order valence-electron chi connectivity index (χ2n) is 5.11. The highest BCUT2D eigenvalue weighted by molar-refractivity contribution is 7.89. The van der Waals surface area contributed by atoms with E-state index in [1.807, 2.05) is 5.32 Å². The molecule has 11 heteroatoms. The van der Waals surface area contributed by atoms with Gasteiger partial charge in [-0.15, -0.1) is 0 Å². The van der Waals surface area contributed by atoms with Gasteiger partial charge in [0.2, 0.25) is 10.0 Å². The summed E-state index contributed by atoms with van der Waals surface area (Å²) in [5, 5.41) is 4.40. The first-order valence-corrected chi connectivity index (χ1v) is 7.83. The maximum absolute atomic E-state index is 12.0. The van der Waals surface area contributed by atoms with Crippen molar-refractivity contribution in [1.82, 2.24) is 14.9 Å². The normalized spacial score (nSPS) is 27.2. The van der Waals surface area contributed by atoms with E-state index in [4.69, 9.17) is 0 Å². The Morgan fingerprint density at radius 3 is 2.48 bits per heavy atom. The SMILES string of the molecule is O=C1NC(=O)C2(CCN(S(=O)(=O)CCCC(F)(F)F)C2)N1. The van der Waals surface area contributed by atoms with Gasteiger partial charge in [0.05, 0.1) is 5.75 Å². The number of imide groups is 1. The highest BCUT2D eigenvalue weighted by atomic mass is 32.2. The molecule has 3 amide bonds. The summed E-state index contributed by atoms with van der Waals surface area (Å²) in [6, 6.07) is -0.698. The van der Waals surface area contributed by atoms with Gasteiger partial charge in [-0.3, -0.25) is 10.1 Å². The fourth-order valence-corrected chi connectivity index (χ4v) is 3.97. The summed E-state index contributed by atoms with van der Waals surface area (Å²) in [6.45, 7) is -0.263. The number of amides is 3. The van der Waals surface area contributed by atoms with Crippen molar-refractivity contribution >= 4 is 22.0 Å². The quantitative estimate of drug-likeness (QED) is 0.707. The van der Waals surface area contributed by atoms with Gasteiger partial charge in [-0.1, -0.05) is 0 Å². The minimum atomic E-state index is -4.40. The average molecular weight is 329 g/mol. The second-order valence-corrected chi connectivity index (χ2v) is 7.20. The van der Waals surface area contributed by atoms with E-state index < -0.39 is 52.3 Å². The average Bonchev–Trinajstić information content (AvgIpc) is 2.83. The number of nitrogens with zero attached hydrogens (tertiary/aromatic N) is 1. The largest absolute Gasteiger partial charge is 0.389 e. The Morgan fingerprint density at radius 2 is 1.95 bits per heavy atom. The van der Waals surface area contributed by atoms with E-state index >= 15 is 0 Å². The predicted molar refractivity (Wildman–Crippen MR) is 64.7 cm³/mol. The first kappa shape index (κ1) is 16.0. The third-order valence-corrected chi connectivity index (χ3v) is 5.41. The summed E-state index contributed by atoms with van der Waals surface area (Å²) < 4.78 is 61.0. The van der Waals surface area contributed by atoms with Crippen LogP contribution in [0.3, 0.4) is 0 Å². The van der Waals surface area contributed by atoms with Gasteiger partial charge in [0.1, 0.15) is 5.54 Å². The van der Waals surface area contributed by atoms with Crippen LogP contribution in [0.15, 0.2) is 0 Å². The highest BCUT2D eigenvalue weighted by Gasteiger charge is 2.52. The molecule has 2 fully saturated rings. The molecule has 2 N–H and O–H groups in total. The molecule has 1 atom stereocenters. The number of carbonyl (C=O) groups excluding carboxylic acids is 2. The Hall–Kier alpha value is -1.36. The van der Waals surface area contributed by atoms with Crippen molar-refractivity contribution in [2.75, 3.05) is 18.8 Å². The van der Waals surface area contributed by atoms with Gasteiger partial charge in [-0.25, -0.2) is 13.2 Å². The fourth-order valence-electron chi connectivity index (χ4n) is 2.41. The van der Waals surface area contributed by atoms with Crippen LogP contribution in [-0.2, 0) is 14.8 Å². The number of alkyl halides is 3. The minimum Gasteiger partial charge on any atom is -0.322 e. The highest BCUT2D eigenvalue weighted by Crippen LogP contribution is 2.28. The van der Waals surface area contributed by atoms with Crippen LogP contribution in [0.4, 0.5) is 18.0 Å². The minimum absolute atomic E-state index is 0.0119. The summed E-state index contributed by atoms with van der Waals surface area (Å²) >= 11 is 0. The van der Waals surface area contributed by atoms with Crippen LogP contribution in [0.1, 0.15) is 19.3 Å².